The summed E-state index contributed by atoms with van der Waals surface area (Å²) in [5.74, 6) is 0.950. The lowest BCUT2D eigenvalue weighted by molar-refractivity contribution is 0.561. The predicted octanol–water partition coefficient (Wildman–Crippen LogP) is 2.34. The third-order valence-electron chi connectivity index (χ3n) is 2.78. The largest absolute Gasteiger partial charge is 0.312 e. The van der Waals surface area contributed by atoms with Crippen LogP contribution in [0.2, 0.25) is 5.02 Å². The Kier molecular flexibility index (Phi) is 3.81. The van der Waals surface area contributed by atoms with Gasteiger partial charge in [-0.15, -0.1) is 11.3 Å². The van der Waals surface area contributed by atoms with Crippen LogP contribution in [-0.4, -0.2) is 21.8 Å². The zero-order valence-corrected chi connectivity index (χ0v) is 11.6. The van der Waals surface area contributed by atoms with Gasteiger partial charge in [0.15, 0.2) is 0 Å². The van der Waals surface area contributed by atoms with E-state index in [-0.39, 0.29) is 6.04 Å². The Labute approximate surface area is 110 Å². The molecule has 2 aromatic rings. The molecule has 2 heterocycles. The van der Waals surface area contributed by atoms with Crippen molar-refractivity contribution >= 4 is 22.9 Å². The van der Waals surface area contributed by atoms with Crippen LogP contribution in [0.5, 0.6) is 0 Å². The number of hydrogen-bond donors (Lipinski definition) is 1. The summed E-state index contributed by atoms with van der Waals surface area (Å²) in [6.45, 7) is 2.03. The first-order valence-electron chi connectivity index (χ1n) is 5.37. The molecular formula is C11H15ClN4S. The van der Waals surface area contributed by atoms with Crippen molar-refractivity contribution in [2.45, 2.75) is 19.4 Å². The Morgan fingerprint density at radius 3 is 2.82 bits per heavy atom. The maximum absolute atomic E-state index is 6.29. The lowest BCUT2D eigenvalue weighted by Crippen LogP contribution is -2.20. The fraction of sp³-hybridized carbons (Fsp3) is 0.455. The van der Waals surface area contributed by atoms with Gasteiger partial charge in [0.05, 0.1) is 5.02 Å². The van der Waals surface area contributed by atoms with E-state index in [9.17, 15) is 0 Å². The lowest BCUT2D eigenvalue weighted by Gasteiger charge is -2.14. The summed E-state index contributed by atoms with van der Waals surface area (Å²) in [7, 11) is 3.84. The van der Waals surface area contributed by atoms with Gasteiger partial charge in [0, 0.05) is 24.4 Å². The maximum atomic E-state index is 6.29. The number of nitrogens with one attached hydrogen (secondary N) is 1. The number of nitrogens with zero attached hydrogens (tertiary/aromatic N) is 3. The van der Waals surface area contributed by atoms with Crippen LogP contribution in [0.25, 0.3) is 0 Å². The van der Waals surface area contributed by atoms with Crippen LogP contribution in [-0.2, 0) is 13.5 Å². The Balaban J connectivity index is 2.23. The monoisotopic (exact) mass is 270 g/mol. The molecule has 2 rings (SSSR count). The fourth-order valence-corrected chi connectivity index (χ4v) is 3.13. The van der Waals surface area contributed by atoms with Crippen molar-refractivity contribution in [2.24, 2.45) is 7.05 Å². The van der Waals surface area contributed by atoms with Crippen molar-refractivity contribution in [2.75, 3.05) is 7.05 Å². The van der Waals surface area contributed by atoms with Gasteiger partial charge < -0.3 is 5.32 Å². The Morgan fingerprint density at radius 2 is 2.35 bits per heavy atom. The molecule has 0 spiro atoms. The van der Waals surface area contributed by atoms with Crippen LogP contribution in [0.3, 0.4) is 0 Å². The topological polar surface area (TPSA) is 42.7 Å². The first-order chi connectivity index (χ1) is 8.13. The normalized spacial score (nSPS) is 12.9. The summed E-state index contributed by atoms with van der Waals surface area (Å²) in [6.07, 6.45) is 2.36. The molecule has 2 aromatic heterocycles. The van der Waals surface area contributed by atoms with Crippen LogP contribution in [0.4, 0.5) is 0 Å². The molecule has 1 atom stereocenters. The van der Waals surface area contributed by atoms with E-state index in [0.717, 1.165) is 27.7 Å². The Morgan fingerprint density at radius 1 is 1.59 bits per heavy atom. The summed E-state index contributed by atoms with van der Waals surface area (Å²) in [4.78, 5) is 5.40. The SMILES string of the molecule is CNC(Cc1ncnn1C)c1scc(C)c1Cl. The van der Waals surface area contributed by atoms with E-state index in [2.05, 4.69) is 20.8 Å². The van der Waals surface area contributed by atoms with Gasteiger partial charge in [-0.25, -0.2) is 4.98 Å². The van der Waals surface area contributed by atoms with Crippen molar-refractivity contribution in [3.63, 3.8) is 0 Å². The van der Waals surface area contributed by atoms with Gasteiger partial charge in [-0.1, -0.05) is 11.6 Å². The van der Waals surface area contributed by atoms with Crippen molar-refractivity contribution in [3.8, 4) is 0 Å². The highest BCUT2D eigenvalue weighted by atomic mass is 35.5. The fourth-order valence-electron chi connectivity index (χ4n) is 1.70. The average Bonchev–Trinajstić information content (AvgIpc) is 2.85. The lowest BCUT2D eigenvalue weighted by atomic mass is 10.1. The first kappa shape index (κ1) is 12.5. The molecule has 4 nitrogen and oxygen atoms in total. The smallest absolute Gasteiger partial charge is 0.138 e. The van der Waals surface area contributed by atoms with Gasteiger partial charge >= 0.3 is 0 Å². The van der Waals surface area contributed by atoms with Gasteiger partial charge in [-0.2, -0.15) is 5.10 Å². The third-order valence-corrected chi connectivity index (χ3v) is 4.61. The molecule has 0 saturated heterocycles. The van der Waals surface area contributed by atoms with E-state index in [1.807, 2.05) is 21.0 Å². The quantitative estimate of drug-likeness (QED) is 0.927. The highest BCUT2D eigenvalue weighted by Crippen LogP contribution is 2.33. The number of aryl methyl sites for hydroxylation is 2. The summed E-state index contributed by atoms with van der Waals surface area (Å²) >= 11 is 7.97. The second-order valence-electron chi connectivity index (χ2n) is 3.94. The number of rotatable bonds is 4. The van der Waals surface area contributed by atoms with Crippen LogP contribution in [0.1, 0.15) is 22.3 Å². The number of likely N-dealkylation sites (N-methyl/N-ethyl adjacent to an activating group) is 1. The Bertz CT molecular complexity index is 505. The van der Waals surface area contributed by atoms with Crippen molar-refractivity contribution in [3.05, 3.63) is 33.0 Å². The molecule has 1 N–H and O–H groups in total. The minimum atomic E-state index is 0.184. The van der Waals surface area contributed by atoms with E-state index >= 15 is 0 Å². The summed E-state index contributed by atoms with van der Waals surface area (Å²) in [6, 6.07) is 0.184. The summed E-state index contributed by atoms with van der Waals surface area (Å²) in [5.41, 5.74) is 1.13. The van der Waals surface area contributed by atoms with Gasteiger partial charge in [0.25, 0.3) is 0 Å². The van der Waals surface area contributed by atoms with E-state index in [0.29, 0.717) is 0 Å². The van der Waals surface area contributed by atoms with Crippen LogP contribution in [0, 0.1) is 6.92 Å². The second-order valence-corrected chi connectivity index (χ2v) is 5.23. The van der Waals surface area contributed by atoms with Crippen LogP contribution >= 0.6 is 22.9 Å². The van der Waals surface area contributed by atoms with E-state index < -0.39 is 0 Å². The summed E-state index contributed by atoms with van der Waals surface area (Å²) < 4.78 is 1.79. The molecule has 0 aliphatic heterocycles. The van der Waals surface area contributed by atoms with Gasteiger partial charge in [0.2, 0.25) is 0 Å². The molecule has 0 aliphatic rings. The van der Waals surface area contributed by atoms with Crippen molar-refractivity contribution in [1.29, 1.82) is 0 Å². The molecule has 0 bridgehead atoms. The molecule has 0 amide bonds. The molecule has 17 heavy (non-hydrogen) atoms. The molecule has 92 valence electrons. The van der Waals surface area contributed by atoms with E-state index in [1.54, 1.807) is 22.3 Å². The number of thiophene rings is 1. The molecule has 0 aliphatic carbocycles. The third kappa shape index (κ3) is 2.51. The number of halogens is 1. The number of aromatic nitrogens is 3. The van der Waals surface area contributed by atoms with Crippen LogP contribution < -0.4 is 5.32 Å². The standard InChI is InChI=1S/C11H15ClN4S/c1-7-5-17-11(10(7)12)8(13-2)4-9-14-6-15-16(9)3/h5-6,8,13H,4H2,1-3H3. The molecule has 6 heteroatoms. The van der Waals surface area contributed by atoms with Gasteiger partial charge in [0.1, 0.15) is 12.2 Å². The highest BCUT2D eigenvalue weighted by Gasteiger charge is 2.18. The Hall–Kier alpha value is -0.910. The zero-order valence-electron chi connectivity index (χ0n) is 10.1. The molecule has 0 radical (unpaired) electrons. The minimum Gasteiger partial charge on any atom is -0.312 e. The first-order valence-corrected chi connectivity index (χ1v) is 6.63. The average molecular weight is 271 g/mol. The van der Waals surface area contributed by atoms with Crippen LogP contribution in [0.15, 0.2) is 11.7 Å². The molecule has 1 unspecified atom stereocenters. The second kappa shape index (κ2) is 5.16. The minimum absolute atomic E-state index is 0.184. The molecule has 0 aromatic carbocycles. The number of hydrogen-bond acceptors (Lipinski definition) is 4. The van der Waals surface area contributed by atoms with E-state index in [4.69, 9.17) is 11.6 Å². The molecular weight excluding hydrogens is 256 g/mol. The van der Waals surface area contributed by atoms with Crippen molar-refractivity contribution < 1.29 is 0 Å². The summed E-state index contributed by atoms with van der Waals surface area (Å²) in [5, 5.41) is 10.3. The van der Waals surface area contributed by atoms with Gasteiger partial charge in [-0.3, -0.25) is 4.68 Å². The molecule has 0 fully saturated rings. The highest BCUT2D eigenvalue weighted by molar-refractivity contribution is 7.10. The van der Waals surface area contributed by atoms with E-state index in [1.165, 1.54) is 0 Å². The molecule has 0 saturated carbocycles. The zero-order chi connectivity index (χ0) is 12.4. The van der Waals surface area contributed by atoms with Crippen molar-refractivity contribution in [1.82, 2.24) is 20.1 Å². The van der Waals surface area contributed by atoms with Gasteiger partial charge in [-0.05, 0) is 24.9 Å². The maximum Gasteiger partial charge on any atom is 0.138 e. The predicted molar refractivity (Wildman–Crippen MR) is 70.6 cm³/mol.